The zero-order chi connectivity index (χ0) is 9.99. The van der Waals surface area contributed by atoms with Crippen molar-refractivity contribution in [2.24, 2.45) is 0 Å². The first-order valence-electron chi connectivity index (χ1n) is 3.56. The van der Waals surface area contributed by atoms with Crippen molar-refractivity contribution in [1.29, 1.82) is 0 Å². The highest BCUT2D eigenvalue weighted by molar-refractivity contribution is 4.94. The van der Waals surface area contributed by atoms with Crippen LogP contribution in [-0.4, -0.2) is 24.4 Å². The highest BCUT2D eigenvalue weighted by atomic mass is 19.3. The van der Waals surface area contributed by atoms with Gasteiger partial charge >= 0.3 is 5.92 Å². The molecule has 0 nitrogen and oxygen atoms in total. The van der Waals surface area contributed by atoms with Gasteiger partial charge < -0.3 is 0 Å². The van der Waals surface area contributed by atoms with Gasteiger partial charge in [0.05, 0.1) is 0 Å². The van der Waals surface area contributed by atoms with Crippen LogP contribution in [0.3, 0.4) is 0 Å². The first kappa shape index (κ1) is 11.6. The zero-order valence-corrected chi connectivity index (χ0v) is 6.88. The molecular weight excluding hydrogens is 179 g/mol. The molecular formula is C7H11F5. The molecule has 0 amide bonds. The minimum absolute atomic E-state index is 0.555. The highest BCUT2D eigenvalue weighted by Crippen LogP contribution is 2.39. The predicted molar refractivity (Wildman–Crippen MR) is 35.6 cm³/mol. The third-order valence-electron chi connectivity index (χ3n) is 1.89. The summed E-state index contributed by atoms with van der Waals surface area (Å²) in [6, 6.07) is 0. The number of hydrogen-bond donors (Lipinski definition) is 0. The Balaban J connectivity index is 4.58. The first-order valence-corrected chi connectivity index (χ1v) is 3.56. The Morgan fingerprint density at radius 1 is 1.25 bits per heavy atom. The van der Waals surface area contributed by atoms with Crippen LogP contribution in [0.4, 0.5) is 22.0 Å². The van der Waals surface area contributed by atoms with Gasteiger partial charge in [-0.15, -0.1) is 0 Å². The fraction of sp³-hybridized carbons (Fsp3) is 1.00. The van der Waals surface area contributed by atoms with Crippen LogP contribution < -0.4 is 0 Å². The third kappa shape index (κ3) is 1.87. The molecule has 0 aliphatic heterocycles. The third-order valence-corrected chi connectivity index (χ3v) is 1.89. The second kappa shape index (κ2) is 3.58. The van der Waals surface area contributed by atoms with Crippen LogP contribution in [0.2, 0.25) is 0 Å². The van der Waals surface area contributed by atoms with E-state index in [2.05, 4.69) is 0 Å². The molecule has 0 N–H and O–H groups in total. The SMILES string of the molecule is CCC(C)(F)C(F)(F)C(F)CF. The van der Waals surface area contributed by atoms with Crippen LogP contribution >= 0.6 is 0 Å². The normalized spacial score (nSPS) is 20.2. The Labute approximate surface area is 67.8 Å². The smallest absolute Gasteiger partial charge is 0.248 e. The van der Waals surface area contributed by atoms with Crippen molar-refractivity contribution in [2.45, 2.75) is 38.0 Å². The maximum Gasteiger partial charge on any atom is 0.314 e. The number of hydrogen-bond acceptors (Lipinski definition) is 0. The first-order chi connectivity index (χ1) is 5.29. The second-order valence-electron chi connectivity index (χ2n) is 2.80. The second-order valence-corrected chi connectivity index (χ2v) is 2.80. The number of alkyl halides is 5. The van der Waals surface area contributed by atoms with Crippen molar-refractivity contribution in [3.63, 3.8) is 0 Å². The molecule has 0 saturated carbocycles. The van der Waals surface area contributed by atoms with E-state index < -0.39 is 30.9 Å². The molecule has 0 aromatic heterocycles. The van der Waals surface area contributed by atoms with Gasteiger partial charge in [0.25, 0.3) is 0 Å². The summed E-state index contributed by atoms with van der Waals surface area (Å²) in [6.07, 6.45) is -3.62. The maximum absolute atomic E-state index is 12.9. The van der Waals surface area contributed by atoms with Gasteiger partial charge in [-0.2, -0.15) is 8.78 Å². The zero-order valence-electron chi connectivity index (χ0n) is 6.88. The Morgan fingerprint density at radius 3 is 1.92 bits per heavy atom. The van der Waals surface area contributed by atoms with Crippen molar-refractivity contribution in [3.8, 4) is 0 Å². The molecule has 0 spiro atoms. The lowest BCUT2D eigenvalue weighted by atomic mass is 9.94. The van der Waals surface area contributed by atoms with Crippen molar-refractivity contribution in [3.05, 3.63) is 0 Å². The summed E-state index contributed by atoms with van der Waals surface area (Å²) in [4.78, 5) is 0. The molecule has 0 aliphatic carbocycles. The van der Waals surface area contributed by atoms with Crippen LogP contribution in [0.1, 0.15) is 20.3 Å². The van der Waals surface area contributed by atoms with E-state index in [1.54, 1.807) is 0 Å². The average Bonchev–Trinajstić information content (AvgIpc) is 2.02. The summed E-state index contributed by atoms with van der Waals surface area (Å²) in [5.41, 5.74) is -2.99. The molecule has 0 heterocycles. The molecule has 74 valence electrons. The monoisotopic (exact) mass is 190 g/mol. The molecule has 0 rings (SSSR count). The fourth-order valence-electron chi connectivity index (χ4n) is 0.659. The summed E-state index contributed by atoms with van der Waals surface area (Å²) in [5, 5.41) is 0. The van der Waals surface area contributed by atoms with Gasteiger partial charge in [-0.05, 0) is 13.3 Å². The van der Waals surface area contributed by atoms with Gasteiger partial charge in [0.1, 0.15) is 6.67 Å². The van der Waals surface area contributed by atoms with Gasteiger partial charge in [0.2, 0.25) is 0 Å². The molecule has 2 atom stereocenters. The lowest BCUT2D eigenvalue weighted by Crippen LogP contribution is -2.49. The Morgan fingerprint density at radius 2 is 1.67 bits per heavy atom. The molecule has 2 unspecified atom stereocenters. The summed E-state index contributed by atoms with van der Waals surface area (Å²) in [7, 11) is 0. The van der Waals surface area contributed by atoms with Gasteiger partial charge in [-0.3, -0.25) is 0 Å². The van der Waals surface area contributed by atoms with E-state index in [0.29, 0.717) is 6.92 Å². The van der Waals surface area contributed by atoms with E-state index in [4.69, 9.17) is 0 Å². The van der Waals surface area contributed by atoms with Gasteiger partial charge in [-0.25, -0.2) is 13.2 Å². The average molecular weight is 190 g/mol. The lowest BCUT2D eigenvalue weighted by molar-refractivity contribution is -0.177. The Bertz CT molecular complexity index is 143. The largest absolute Gasteiger partial charge is 0.314 e. The van der Waals surface area contributed by atoms with Crippen molar-refractivity contribution in [2.75, 3.05) is 6.67 Å². The van der Waals surface area contributed by atoms with Crippen molar-refractivity contribution < 1.29 is 22.0 Å². The predicted octanol–water partition coefficient (Wildman–Crippen LogP) is 3.07. The summed E-state index contributed by atoms with van der Waals surface area (Å²) >= 11 is 0. The molecule has 0 aliphatic rings. The molecule has 5 heteroatoms. The maximum atomic E-state index is 12.9. The lowest BCUT2D eigenvalue weighted by Gasteiger charge is -2.30. The highest BCUT2D eigenvalue weighted by Gasteiger charge is 2.56. The van der Waals surface area contributed by atoms with Crippen LogP contribution in [0.15, 0.2) is 0 Å². The topological polar surface area (TPSA) is 0 Å². The summed E-state index contributed by atoms with van der Waals surface area (Å²) < 4.78 is 61.8. The van der Waals surface area contributed by atoms with Crippen LogP contribution in [0.5, 0.6) is 0 Å². The van der Waals surface area contributed by atoms with E-state index in [9.17, 15) is 22.0 Å². The van der Waals surface area contributed by atoms with E-state index in [1.165, 1.54) is 0 Å². The van der Waals surface area contributed by atoms with E-state index in [1.807, 2.05) is 0 Å². The van der Waals surface area contributed by atoms with Crippen molar-refractivity contribution >= 4 is 0 Å². The Kier molecular flexibility index (Phi) is 3.47. The summed E-state index contributed by atoms with van der Waals surface area (Å²) in [5.74, 6) is -4.25. The summed E-state index contributed by atoms with van der Waals surface area (Å²) in [6.45, 7) is -0.152. The quantitative estimate of drug-likeness (QED) is 0.597. The molecule has 0 aromatic carbocycles. The molecule has 0 bridgehead atoms. The Hall–Kier alpha value is -0.350. The molecule has 12 heavy (non-hydrogen) atoms. The van der Waals surface area contributed by atoms with E-state index in [0.717, 1.165) is 6.92 Å². The number of rotatable bonds is 4. The van der Waals surface area contributed by atoms with Gasteiger partial charge in [0.15, 0.2) is 11.8 Å². The molecule has 0 saturated heterocycles. The van der Waals surface area contributed by atoms with Gasteiger partial charge in [0, 0.05) is 0 Å². The molecule has 0 fully saturated rings. The van der Waals surface area contributed by atoms with Gasteiger partial charge in [-0.1, -0.05) is 6.92 Å². The molecule has 0 aromatic rings. The fourth-order valence-corrected chi connectivity index (χ4v) is 0.659. The minimum Gasteiger partial charge on any atom is -0.248 e. The van der Waals surface area contributed by atoms with Crippen LogP contribution in [0, 0.1) is 0 Å². The standard InChI is InChI=1S/C7H11F5/c1-3-6(2,10)7(11,12)5(9)4-8/h5H,3-4H2,1-2H3. The van der Waals surface area contributed by atoms with Crippen LogP contribution in [0.25, 0.3) is 0 Å². The van der Waals surface area contributed by atoms with Crippen molar-refractivity contribution in [1.82, 2.24) is 0 Å². The molecule has 0 radical (unpaired) electrons. The van der Waals surface area contributed by atoms with Crippen LogP contribution in [-0.2, 0) is 0 Å². The van der Waals surface area contributed by atoms with E-state index >= 15 is 0 Å². The minimum atomic E-state index is -4.25. The van der Waals surface area contributed by atoms with E-state index in [-0.39, 0.29) is 0 Å². The number of halogens is 5.